The maximum Gasteiger partial charge on any atom is 0.0107 e. The molecule has 1 aromatic carbocycles. The molecule has 0 heterocycles. The van der Waals surface area contributed by atoms with Crippen molar-refractivity contribution in [2.45, 2.75) is 51.5 Å². The van der Waals surface area contributed by atoms with Crippen molar-refractivity contribution in [3.63, 3.8) is 0 Å². The van der Waals surface area contributed by atoms with Crippen LogP contribution in [0.3, 0.4) is 0 Å². The summed E-state index contributed by atoms with van der Waals surface area (Å²) in [4.78, 5) is 0. The molecule has 1 unspecified atom stereocenters. The highest BCUT2D eigenvalue weighted by Crippen LogP contribution is 2.11. The van der Waals surface area contributed by atoms with Crippen LogP contribution in [0.5, 0.6) is 0 Å². The molecule has 0 aromatic heterocycles. The average Bonchev–Trinajstić information content (AvgIpc) is 2.40. The molecule has 1 heteroatoms. The highest BCUT2D eigenvalue weighted by molar-refractivity contribution is 5.15. The lowest BCUT2D eigenvalue weighted by molar-refractivity contribution is 0.464. The van der Waals surface area contributed by atoms with Gasteiger partial charge in [-0.1, -0.05) is 56.2 Å². The van der Waals surface area contributed by atoms with Gasteiger partial charge in [-0.25, -0.2) is 0 Å². The lowest BCUT2D eigenvalue weighted by Crippen LogP contribution is -2.30. The van der Waals surface area contributed by atoms with Gasteiger partial charge in [0.1, 0.15) is 0 Å². The van der Waals surface area contributed by atoms with Gasteiger partial charge in [-0.3, -0.25) is 0 Å². The van der Waals surface area contributed by atoms with Crippen LogP contribution in [-0.2, 0) is 6.42 Å². The molecule has 0 aliphatic heterocycles. The van der Waals surface area contributed by atoms with E-state index >= 15 is 0 Å². The first kappa shape index (κ1) is 15.0. The SMILES string of the molecule is C=CCCCCCC(Cc1ccccc1)NCC. The zero-order valence-corrected chi connectivity index (χ0v) is 11.7. The molecule has 0 radical (unpaired) electrons. The predicted molar refractivity (Wildman–Crippen MR) is 80.9 cm³/mol. The van der Waals surface area contributed by atoms with E-state index in [4.69, 9.17) is 0 Å². The Kier molecular flexibility index (Phi) is 8.24. The first-order valence-corrected chi connectivity index (χ1v) is 7.25. The van der Waals surface area contributed by atoms with Crippen molar-refractivity contribution in [1.29, 1.82) is 0 Å². The number of hydrogen-bond donors (Lipinski definition) is 1. The summed E-state index contributed by atoms with van der Waals surface area (Å²) in [5, 5.41) is 3.60. The van der Waals surface area contributed by atoms with Crippen LogP contribution < -0.4 is 5.32 Å². The van der Waals surface area contributed by atoms with E-state index in [1.54, 1.807) is 0 Å². The molecule has 0 amide bonds. The van der Waals surface area contributed by atoms with Crippen LogP contribution in [-0.4, -0.2) is 12.6 Å². The number of likely N-dealkylation sites (N-methyl/N-ethyl adjacent to an activating group) is 1. The van der Waals surface area contributed by atoms with Crippen LogP contribution in [0.1, 0.15) is 44.6 Å². The standard InChI is InChI=1S/C17H27N/c1-3-5-6-7-11-14-17(18-4-2)15-16-12-9-8-10-13-16/h3,8-10,12-13,17-18H,1,4-7,11,14-15H2,2H3. The second-order valence-corrected chi connectivity index (χ2v) is 4.87. The van der Waals surface area contributed by atoms with Crippen molar-refractivity contribution in [2.24, 2.45) is 0 Å². The van der Waals surface area contributed by atoms with Crippen LogP contribution >= 0.6 is 0 Å². The molecule has 0 saturated heterocycles. The van der Waals surface area contributed by atoms with E-state index in [1.807, 2.05) is 6.08 Å². The van der Waals surface area contributed by atoms with Crippen molar-refractivity contribution in [3.05, 3.63) is 48.6 Å². The smallest absolute Gasteiger partial charge is 0.0107 e. The van der Waals surface area contributed by atoms with E-state index in [2.05, 4.69) is 49.2 Å². The summed E-state index contributed by atoms with van der Waals surface area (Å²) in [6.07, 6.45) is 9.53. The molecule has 1 rings (SSSR count). The molecule has 100 valence electrons. The predicted octanol–water partition coefficient (Wildman–Crippen LogP) is 4.34. The third-order valence-corrected chi connectivity index (χ3v) is 3.28. The minimum Gasteiger partial charge on any atom is -0.314 e. The van der Waals surface area contributed by atoms with E-state index in [0.717, 1.165) is 19.4 Å². The molecule has 0 aliphatic rings. The Morgan fingerprint density at radius 2 is 1.94 bits per heavy atom. The summed E-state index contributed by atoms with van der Waals surface area (Å²) in [5.41, 5.74) is 1.44. The molecule has 1 N–H and O–H groups in total. The Hall–Kier alpha value is -1.08. The molecule has 1 atom stereocenters. The van der Waals surface area contributed by atoms with Gasteiger partial charge in [0.2, 0.25) is 0 Å². The van der Waals surface area contributed by atoms with Gasteiger partial charge in [0, 0.05) is 6.04 Å². The first-order chi connectivity index (χ1) is 8.86. The monoisotopic (exact) mass is 245 g/mol. The largest absolute Gasteiger partial charge is 0.314 e. The van der Waals surface area contributed by atoms with Crippen molar-refractivity contribution in [1.82, 2.24) is 5.32 Å². The molecule has 1 aromatic rings. The van der Waals surface area contributed by atoms with Gasteiger partial charge in [0.25, 0.3) is 0 Å². The highest BCUT2D eigenvalue weighted by atomic mass is 14.9. The Morgan fingerprint density at radius 1 is 1.17 bits per heavy atom. The van der Waals surface area contributed by atoms with E-state index in [9.17, 15) is 0 Å². The molecule has 0 spiro atoms. The molecule has 0 saturated carbocycles. The molecule has 18 heavy (non-hydrogen) atoms. The average molecular weight is 245 g/mol. The number of hydrogen-bond acceptors (Lipinski definition) is 1. The van der Waals surface area contributed by atoms with Gasteiger partial charge >= 0.3 is 0 Å². The number of unbranched alkanes of at least 4 members (excludes halogenated alkanes) is 3. The maximum absolute atomic E-state index is 3.77. The number of benzene rings is 1. The van der Waals surface area contributed by atoms with Crippen LogP contribution in [0.2, 0.25) is 0 Å². The van der Waals surface area contributed by atoms with Gasteiger partial charge in [-0.2, -0.15) is 0 Å². The first-order valence-electron chi connectivity index (χ1n) is 7.25. The minimum absolute atomic E-state index is 0.626. The molecule has 1 nitrogen and oxygen atoms in total. The fraction of sp³-hybridized carbons (Fsp3) is 0.529. The Labute approximate surface area is 112 Å². The summed E-state index contributed by atoms with van der Waals surface area (Å²) in [7, 11) is 0. The van der Waals surface area contributed by atoms with Crippen LogP contribution in [0.25, 0.3) is 0 Å². The Morgan fingerprint density at radius 3 is 2.61 bits per heavy atom. The van der Waals surface area contributed by atoms with Gasteiger partial charge in [0.05, 0.1) is 0 Å². The highest BCUT2D eigenvalue weighted by Gasteiger charge is 2.07. The summed E-state index contributed by atoms with van der Waals surface area (Å²) < 4.78 is 0. The summed E-state index contributed by atoms with van der Waals surface area (Å²) >= 11 is 0. The fourth-order valence-electron chi connectivity index (χ4n) is 2.32. The third kappa shape index (κ3) is 6.61. The van der Waals surface area contributed by atoms with E-state index in [1.165, 1.54) is 31.2 Å². The van der Waals surface area contributed by atoms with Gasteiger partial charge in [-0.05, 0) is 37.8 Å². The number of allylic oxidation sites excluding steroid dienone is 1. The normalized spacial score (nSPS) is 12.3. The second kappa shape index (κ2) is 9.90. The molecule has 0 bridgehead atoms. The Balaban J connectivity index is 2.28. The topological polar surface area (TPSA) is 12.0 Å². The van der Waals surface area contributed by atoms with Gasteiger partial charge in [-0.15, -0.1) is 6.58 Å². The maximum atomic E-state index is 3.77. The van der Waals surface area contributed by atoms with E-state index in [0.29, 0.717) is 6.04 Å². The second-order valence-electron chi connectivity index (χ2n) is 4.87. The zero-order chi connectivity index (χ0) is 13.1. The molecule has 0 fully saturated rings. The zero-order valence-electron chi connectivity index (χ0n) is 11.7. The lowest BCUT2D eigenvalue weighted by atomic mass is 10.00. The minimum atomic E-state index is 0.626. The van der Waals surface area contributed by atoms with Gasteiger partial charge in [0.15, 0.2) is 0 Å². The van der Waals surface area contributed by atoms with E-state index in [-0.39, 0.29) is 0 Å². The summed E-state index contributed by atoms with van der Waals surface area (Å²) in [5.74, 6) is 0. The fourth-order valence-corrected chi connectivity index (χ4v) is 2.32. The van der Waals surface area contributed by atoms with Crippen LogP contribution in [0.15, 0.2) is 43.0 Å². The van der Waals surface area contributed by atoms with Crippen molar-refractivity contribution in [2.75, 3.05) is 6.54 Å². The van der Waals surface area contributed by atoms with Crippen LogP contribution in [0, 0.1) is 0 Å². The molecular formula is C17H27N. The lowest BCUT2D eigenvalue weighted by Gasteiger charge is -2.17. The van der Waals surface area contributed by atoms with Crippen molar-refractivity contribution < 1.29 is 0 Å². The Bertz CT molecular complexity index is 305. The number of rotatable bonds is 10. The quantitative estimate of drug-likeness (QED) is 0.477. The number of nitrogens with one attached hydrogen (secondary N) is 1. The van der Waals surface area contributed by atoms with Crippen molar-refractivity contribution in [3.8, 4) is 0 Å². The van der Waals surface area contributed by atoms with Crippen molar-refractivity contribution >= 4 is 0 Å². The van der Waals surface area contributed by atoms with Crippen LogP contribution in [0.4, 0.5) is 0 Å². The van der Waals surface area contributed by atoms with E-state index < -0.39 is 0 Å². The summed E-state index contributed by atoms with van der Waals surface area (Å²) in [6, 6.07) is 11.4. The summed E-state index contributed by atoms with van der Waals surface area (Å²) in [6.45, 7) is 7.02. The molecular weight excluding hydrogens is 218 g/mol. The third-order valence-electron chi connectivity index (χ3n) is 3.28. The molecule has 0 aliphatic carbocycles. The van der Waals surface area contributed by atoms with Gasteiger partial charge < -0.3 is 5.32 Å².